The Bertz CT molecular complexity index is 197. The van der Waals surface area contributed by atoms with Crippen molar-refractivity contribution in [2.24, 2.45) is 5.73 Å². The Kier molecular flexibility index (Phi) is 6.17. The van der Waals surface area contributed by atoms with Crippen molar-refractivity contribution in [2.75, 3.05) is 13.1 Å². The number of halogens is 1. The predicted octanol–water partition coefficient (Wildman–Crippen LogP) is 0.404. The molecule has 0 aliphatic carbocycles. The first kappa shape index (κ1) is 14.7. The molecule has 1 unspecified atom stereocenters. The first-order chi connectivity index (χ1) is 6.50. The summed E-state index contributed by atoms with van der Waals surface area (Å²) in [4.78, 5) is 11.4. The summed E-state index contributed by atoms with van der Waals surface area (Å²) in [5.74, 6) is -0.0788. The van der Waals surface area contributed by atoms with Gasteiger partial charge in [0.2, 0.25) is 5.91 Å². The lowest BCUT2D eigenvalue weighted by atomic mass is 10.0. The Labute approximate surface area is 97.8 Å². The minimum atomic E-state index is -0.769. The maximum atomic E-state index is 11.4. The second-order valence-electron chi connectivity index (χ2n) is 4.58. The van der Waals surface area contributed by atoms with E-state index >= 15 is 0 Å². The van der Waals surface area contributed by atoms with Gasteiger partial charge in [-0.3, -0.25) is 4.79 Å². The van der Waals surface area contributed by atoms with Crippen LogP contribution in [0.2, 0.25) is 0 Å². The van der Waals surface area contributed by atoms with Crippen LogP contribution < -0.4 is 16.4 Å². The highest BCUT2D eigenvalue weighted by molar-refractivity contribution is 5.85. The molecule has 0 saturated carbocycles. The highest BCUT2D eigenvalue weighted by Crippen LogP contribution is 2.06. The molecule has 1 rings (SSSR count). The first-order valence-corrected chi connectivity index (χ1v) is 5.31. The smallest absolute Gasteiger partial charge is 0.239 e. The quantitative estimate of drug-likeness (QED) is 0.664. The maximum absolute atomic E-state index is 11.4. The van der Waals surface area contributed by atoms with Crippen molar-refractivity contribution in [3.05, 3.63) is 0 Å². The number of amides is 1. The molecule has 1 heterocycles. The predicted molar refractivity (Wildman–Crippen MR) is 64.2 cm³/mol. The Morgan fingerprint density at radius 1 is 1.53 bits per heavy atom. The fourth-order valence-corrected chi connectivity index (χ4v) is 1.54. The summed E-state index contributed by atoms with van der Waals surface area (Å²) in [6.45, 7) is 5.19. The molecule has 0 aromatic rings. The molecule has 5 heteroatoms. The Morgan fingerprint density at radius 3 is 2.67 bits per heavy atom. The summed E-state index contributed by atoms with van der Waals surface area (Å²) >= 11 is 0. The van der Waals surface area contributed by atoms with Crippen molar-refractivity contribution in [3.63, 3.8) is 0 Å². The topological polar surface area (TPSA) is 67.2 Å². The summed E-state index contributed by atoms with van der Waals surface area (Å²) in [7, 11) is 0. The average Bonchev–Trinajstić information content (AvgIpc) is 2.14. The molecule has 0 aromatic heterocycles. The van der Waals surface area contributed by atoms with E-state index in [1.165, 1.54) is 12.8 Å². The van der Waals surface area contributed by atoms with Crippen LogP contribution in [0.15, 0.2) is 0 Å². The summed E-state index contributed by atoms with van der Waals surface area (Å²) in [5.41, 5.74) is 4.89. The van der Waals surface area contributed by atoms with Crippen LogP contribution >= 0.6 is 12.4 Å². The van der Waals surface area contributed by atoms with Gasteiger partial charge in [0.1, 0.15) is 0 Å². The normalized spacial score (nSPS) is 21.7. The third-order valence-electron chi connectivity index (χ3n) is 2.51. The fraction of sp³-hybridized carbons (Fsp3) is 0.900. The van der Waals surface area contributed by atoms with Crippen LogP contribution in [0.25, 0.3) is 0 Å². The Balaban J connectivity index is 0.00000196. The largest absolute Gasteiger partial charge is 0.353 e. The third-order valence-corrected chi connectivity index (χ3v) is 2.51. The molecular weight excluding hydrogens is 214 g/mol. The van der Waals surface area contributed by atoms with E-state index in [1.54, 1.807) is 13.8 Å². The average molecular weight is 236 g/mol. The fourth-order valence-electron chi connectivity index (χ4n) is 1.54. The van der Waals surface area contributed by atoms with E-state index < -0.39 is 5.54 Å². The minimum Gasteiger partial charge on any atom is -0.353 e. The van der Waals surface area contributed by atoms with Gasteiger partial charge in [-0.2, -0.15) is 0 Å². The molecule has 4 nitrogen and oxygen atoms in total. The zero-order valence-corrected chi connectivity index (χ0v) is 10.3. The summed E-state index contributed by atoms with van der Waals surface area (Å²) in [5, 5.41) is 6.24. The summed E-state index contributed by atoms with van der Waals surface area (Å²) in [6.07, 6.45) is 3.64. The zero-order valence-electron chi connectivity index (χ0n) is 9.51. The van der Waals surface area contributed by atoms with Crippen LogP contribution in [-0.2, 0) is 4.79 Å². The number of nitrogens with one attached hydrogen (secondary N) is 2. The molecule has 1 aliphatic heterocycles. The van der Waals surface area contributed by atoms with Crippen LogP contribution in [0.4, 0.5) is 0 Å². The lowest BCUT2D eigenvalue weighted by Crippen LogP contribution is -2.52. The van der Waals surface area contributed by atoms with Crippen molar-refractivity contribution >= 4 is 18.3 Å². The molecule has 4 N–H and O–H groups in total. The number of carbonyl (C=O) groups is 1. The molecule has 0 aromatic carbocycles. The standard InChI is InChI=1S/C10H21N3O.ClH/c1-10(2,11)9(14)13-7-8-5-3-4-6-12-8;/h8,12H,3-7,11H2,1-2H3,(H,13,14);1H. The molecule has 15 heavy (non-hydrogen) atoms. The van der Waals surface area contributed by atoms with Gasteiger partial charge in [0.05, 0.1) is 5.54 Å². The van der Waals surface area contributed by atoms with Crippen LogP contribution in [0.5, 0.6) is 0 Å². The highest BCUT2D eigenvalue weighted by Gasteiger charge is 2.22. The van der Waals surface area contributed by atoms with Gasteiger partial charge < -0.3 is 16.4 Å². The monoisotopic (exact) mass is 235 g/mol. The first-order valence-electron chi connectivity index (χ1n) is 5.31. The van der Waals surface area contributed by atoms with Crippen molar-refractivity contribution in [3.8, 4) is 0 Å². The third kappa shape index (κ3) is 5.35. The number of nitrogens with two attached hydrogens (primary N) is 1. The van der Waals surface area contributed by atoms with E-state index in [1.807, 2.05) is 0 Å². The SMILES string of the molecule is CC(C)(N)C(=O)NCC1CCCCN1.Cl. The van der Waals surface area contributed by atoms with Crippen LogP contribution in [0, 0.1) is 0 Å². The van der Waals surface area contributed by atoms with Crippen LogP contribution in [0.3, 0.4) is 0 Å². The zero-order chi connectivity index (χ0) is 10.6. The molecule has 1 saturated heterocycles. The molecule has 0 radical (unpaired) electrons. The van der Waals surface area contributed by atoms with Gasteiger partial charge in [-0.25, -0.2) is 0 Å². The summed E-state index contributed by atoms with van der Waals surface area (Å²) in [6, 6.07) is 0.426. The molecular formula is C10H22ClN3O. The van der Waals surface area contributed by atoms with E-state index in [2.05, 4.69) is 10.6 Å². The van der Waals surface area contributed by atoms with Gasteiger partial charge in [0.25, 0.3) is 0 Å². The van der Waals surface area contributed by atoms with Crippen molar-refractivity contribution in [1.29, 1.82) is 0 Å². The number of piperidine rings is 1. The number of hydrogen-bond donors (Lipinski definition) is 3. The van der Waals surface area contributed by atoms with Gasteiger partial charge in [0, 0.05) is 12.6 Å². The van der Waals surface area contributed by atoms with Crippen molar-refractivity contribution in [2.45, 2.75) is 44.7 Å². The van der Waals surface area contributed by atoms with Crippen LogP contribution in [-0.4, -0.2) is 30.6 Å². The Hall–Kier alpha value is -0.320. The number of hydrogen-bond acceptors (Lipinski definition) is 3. The molecule has 0 spiro atoms. The van der Waals surface area contributed by atoms with Gasteiger partial charge in [-0.1, -0.05) is 6.42 Å². The molecule has 1 amide bonds. The lowest BCUT2D eigenvalue weighted by molar-refractivity contribution is -0.125. The second-order valence-corrected chi connectivity index (χ2v) is 4.58. The number of rotatable bonds is 3. The molecule has 1 aliphatic rings. The molecule has 1 atom stereocenters. The van der Waals surface area contributed by atoms with Crippen molar-refractivity contribution in [1.82, 2.24) is 10.6 Å². The van der Waals surface area contributed by atoms with E-state index in [4.69, 9.17) is 5.73 Å². The molecule has 1 fully saturated rings. The van der Waals surface area contributed by atoms with Gasteiger partial charge in [-0.05, 0) is 33.2 Å². The minimum absolute atomic E-state index is 0. The second kappa shape index (κ2) is 6.30. The van der Waals surface area contributed by atoms with Gasteiger partial charge in [0.15, 0.2) is 0 Å². The van der Waals surface area contributed by atoms with E-state index in [9.17, 15) is 4.79 Å². The van der Waals surface area contributed by atoms with E-state index in [0.29, 0.717) is 12.6 Å². The van der Waals surface area contributed by atoms with E-state index in [-0.39, 0.29) is 18.3 Å². The number of carbonyl (C=O) groups excluding carboxylic acids is 1. The highest BCUT2D eigenvalue weighted by atomic mass is 35.5. The van der Waals surface area contributed by atoms with E-state index in [0.717, 1.165) is 13.0 Å². The van der Waals surface area contributed by atoms with Crippen molar-refractivity contribution < 1.29 is 4.79 Å². The lowest BCUT2D eigenvalue weighted by Gasteiger charge is -2.25. The van der Waals surface area contributed by atoms with Crippen LogP contribution in [0.1, 0.15) is 33.1 Å². The Morgan fingerprint density at radius 2 is 2.20 bits per heavy atom. The van der Waals surface area contributed by atoms with Gasteiger partial charge in [-0.15, -0.1) is 12.4 Å². The molecule has 90 valence electrons. The molecule has 0 bridgehead atoms. The van der Waals surface area contributed by atoms with Gasteiger partial charge >= 0.3 is 0 Å². The maximum Gasteiger partial charge on any atom is 0.239 e. The summed E-state index contributed by atoms with van der Waals surface area (Å²) < 4.78 is 0.